The van der Waals surface area contributed by atoms with Crippen molar-refractivity contribution in [1.29, 1.82) is 0 Å². The van der Waals surface area contributed by atoms with Gasteiger partial charge in [-0.1, -0.05) is 6.92 Å². The number of hydrogen-bond acceptors (Lipinski definition) is 4. The van der Waals surface area contributed by atoms with E-state index >= 15 is 0 Å². The van der Waals surface area contributed by atoms with Crippen molar-refractivity contribution in [2.75, 3.05) is 30.4 Å². The quantitative estimate of drug-likeness (QED) is 0.693. The van der Waals surface area contributed by atoms with Crippen molar-refractivity contribution in [3.05, 3.63) is 64.4 Å². The molecule has 28 heavy (non-hydrogen) atoms. The molecule has 0 saturated carbocycles. The number of nitrogens with zero attached hydrogens (tertiary/aromatic N) is 1. The number of pyridine rings is 1. The van der Waals surface area contributed by atoms with Gasteiger partial charge < -0.3 is 19.9 Å². The average molecular weight is 377 g/mol. The normalized spacial score (nSPS) is 15.0. The highest BCUT2D eigenvalue weighted by atomic mass is 16.5. The van der Waals surface area contributed by atoms with Gasteiger partial charge in [0, 0.05) is 47.5 Å². The molecule has 0 atom stereocenters. The molecule has 0 bridgehead atoms. The van der Waals surface area contributed by atoms with Gasteiger partial charge in [0.2, 0.25) is 0 Å². The summed E-state index contributed by atoms with van der Waals surface area (Å²) in [7, 11) is 1.64. The number of methoxy groups -OCH3 is 1. The number of anilines is 2. The maximum Gasteiger partial charge on any atom is 0.253 e. The summed E-state index contributed by atoms with van der Waals surface area (Å²) in [5.41, 5.74) is 3.74. The molecule has 3 aromatic rings. The topological polar surface area (TPSA) is 57.4 Å². The van der Waals surface area contributed by atoms with E-state index in [1.54, 1.807) is 7.11 Å². The molecular formula is C23H27N3O2. The molecule has 5 heteroatoms. The van der Waals surface area contributed by atoms with Gasteiger partial charge in [-0.3, -0.25) is 4.79 Å². The standard InChI is InChI=1S/C23H27N3O2/c1-16-9-11-26(12-10-16)20-5-3-19(4-6-20)24-15-18-13-17-14-21(28-2)7-8-22(17)25-23(18)27/h3-8,13-14,16,24H,9-12,15H2,1-2H3,(H,25,27). The average Bonchev–Trinajstić information content (AvgIpc) is 2.73. The van der Waals surface area contributed by atoms with Crippen molar-refractivity contribution in [2.24, 2.45) is 5.92 Å². The number of rotatable bonds is 5. The van der Waals surface area contributed by atoms with E-state index in [0.29, 0.717) is 12.1 Å². The number of benzene rings is 2. The maximum atomic E-state index is 12.4. The number of ether oxygens (including phenoxy) is 1. The van der Waals surface area contributed by atoms with Crippen LogP contribution in [0.2, 0.25) is 0 Å². The van der Waals surface area contributed by atoms with E-state index in [2.05, 4.69) is 46.4 Å². The number of aromatic amines is 1. The number of piperidine rings is 1. The fourth-order valence-corrected chi connectivity index (χ4v) is 3.74. The van der Waals surface area contributed by atoms with Gasteiger partial charge in [-0.2, -0.15) is 0 Å². The number of hydrogen-bond donors (Lipinski definition) is 2. The van der Waals surface area contributed by atoms with Gasteiger partial charge in [0.1, 0.15) is 5.75 Å². The molecular weight excluding hydrogens is 350 g/mol. The Kier molecular flexibility index (Phi) is 5.24. The van der Waals surface area contributed by atoms with Crippen LogP contribution in [-0.4, -0.2) is 25.2 Å². The number of fused-ring (bicyclic) bond motifs is 1. The first-order valence-corrected chi connectivity index (χ1v) is 9.91. The molecule has 1 saturated heterocycles. The fraction of sp³-hybridized carbons (Fsp3) is 0.348. The summed E-state index contributed by atoms with van der Waals surface area (Å²) in [4.78, 5) is 17.8. The molecule has 2 aromatic carbocycles. The second-order valence-corrected chi connectivity index (χ2v) is 7.65. The summed E-state index contributed by atoms with van der Waals surface area (Å²) in [6, 6.07) is 16.1. The van der Waals surface area contributed by atoms with Crippen LogP contribution in [-0.2, 0) is 6.54 Å². The van der Waals surface area contributed by atoms with Gasteiger partial charge in [-0.25, -0.2) is 0 Å². The Balaban J connectivity index is 1.45. The number of aromatic nitrogens is 1. The van der Waals surface area contributed by atoms with E-state index < -0.39 is 0 Å². The van der Waals surface area contributed by atoms with Gasteiger partial charge in [0.05, 0.1) is 7.11 Å². The first-order valence-electron chi connectivity index (χ1n) is 9.91. The molecule has 2 N–H and O–H groups in total. The maximum absolute atomic E-state index is 12.4. The Bertz CT molecular complexity index is 1000. The third-order valence-electron chi connectivity index (χ3n) is 5.63. The molecule has 0 aliphatic carbocycles. The van der Waals surface area contributed by atoms with E-state index in [1.165, 1.54) is 18.5 Å². The molecule has 0 spiro atoms. The third kappa shape index (κ3) is 3.98. The van der Waals surface area contributed by atoms with Crippen molar-refractivity contribution >= 4 is 22.3 Å². The van der Waals surface area contributed by atoms with Crippen LogP contribution in [0.25, 0.3) is 10.9 Å². The second-order valence-electron chi connectivity index (χ2n) is 7.65. The smallest absolute Gasteiger partial charge is 0.253 e. The van der Waals surface area contributed by atoms with Crippen LogP contribution in [0.3, 0.4) is 0 Å². The molecule has 0 amide bonds. The van der Waals surface area contributed by atoms with Crippen LogP contribution in [0.4, 0.5) is 11.4 Å². The third-order valence-corrected chi connectivity index (χ3v) is 5.63. The summed E-state index contributed by atoms with van der Waals surface area (Å²) in [5.74, 6) is 1.61. The molecule has 5 nitrogen and oxygen atoms in total. The van der Waals surface area contributed by atoms with E-state index in [4.69, 9.17) is 4.74 Å². The molecule has 0 radical (unpaired) electrons. The lowest BCUT2D eigenvalue weighted by Crippen LogP contribution is -2.32. The Morgan fingerprint density at radius 3 is 2.57 bits per heavy atom. The van der Waals surface area contributed by atoms with Gasteiger partial charge in [-0.05, 0) is 67.3 Å². The zero-order chi connectivity index (χ0) is 19.5. The van der Waals surface area contributed by atoms with Crippen LogP contribution < -0.4 is 20.5 Å². The Morgan fingerprint density at radius 2 is 1.86 bits per heavy atom. The number of nitrogens with one attached hydrogen (secondary N) is 2. The lowest BCUT2D eigenvalue weighted by Gasteiger charge is -2.32. The minimum atomic E-state index is -0.0655. The fourth-order valence-electron chi connectivity index (χ4n) is 3.74. The van der Waals surface area contributed by atoms with Crippen molar-refractivity contribution in [3.8, 4) is 5.75 Å². The molecule has 4 rings (SSSR count). The minimum absolute atomic E-state index is 0.0655. The zero-order valence-electron chi connectivity index (χ0n) is 16.5. The molecule has 1 fully saturated rings. The highest BCUT2D eigenvalue weighted by Gasteiger charge is 2.15. The summed E-state index contributed by atoms with van der Waals surface area (Å²) in [6.07, 6.45) is 2.52. The van der Waals surface area contributed by atoms with Gasteiger partial charge in [0.15, 0.2) is 0 Å². The molecule has 1 aromatic heterocycles. The van der Waals surface area contributed by atoms with Crippen molar-refractivity contribution < 1.29 is 4.74 Å². The summed E-state index contributed by atoms with van der Waals surface area (Å²) >= 11 is 0. The largest absolute Gasteiger partial charge is 0.497 e. The van der Waals surface area contributed by atoms with Crippen LogP contribution in [0.5, 0.6) is 5.75 Å². The lowest BCUT2D eigenvalue weighted by atomic mass is 9.99. The number of H-pyrrole nitrogens is 1. The van der Waals surface area contributed by atoms with Crippen LogP contribution >= 0.6 is 0 Å². The van der Waals surface area contributed by atoms with Crippen LogP contribution in [0.15, 0.2) is 53.3 Å². The van der Waals surface area contributed by atoms with Crippen molar-refractivity contribution in [3.63, 3.8) is 0 Å². The second kappa shape index (κ2) is 7.97. The summed E-state index contributed by atoms with van der Waals surface area (Å²) in [6.45, 7) is 5.06. The molecule has 1 aliphatic rings. The first kappa shape index (κ1) is 18.4. The van der Waals surface area contributed by atoms with E-state index in [9.17, 15) is 4.79 Å². The highest BCUT2D eigenvalue weighted by molar-refractivity contribution is 5.80. The van der Waals surface area contributed by atoms with E-state index in [0.717, 1.165) is 41.3 Å². The Hall–Kier alpha value is -2.95. The van der Waals surface area contributed by atoms with Gasteiger partial charge in [-0.15, -0.1) is 0 Å². The molecule has 2 heterocycles. The SMILES string of the molecule is COc1ccc2[nH]c(=O)c(CNc3ccc(N4CCC(C)CC4)cc3)cc2c1. The van der Waals surface area contributed by atoms with Crippen LogP contribution in [0.1, 0.15) is 25.3 Å². The van der Waals surface area contributed by atoms with E-state index in [-0.39, 0.29) is 5.56 Å². The summed E-state index contributed by atoms with van der Waals surface area (Å²) in [5, 5.41) is 4.33. The Morgan fingerprint density at radius 1 is 1.11 bits per heavy atom. The minimum Gasteiger partial charge on any atom is -0.497 e. The molecule has 146 valence electrons. The Labute approximate surface area is 165 Å². The zero-order valence-corrected chi connectivity index (χ0v) is 16.5. The summed E-state index contributed by atoms with van der Waals surface area (Å²) < 4.78 is 5.28. The lowest BCUT2D eigenvalue weighted by molar-refractivity contribution is 0.415. The predicted molar refractivity (Wildman–Crippen MR) is 116 cm³/mol. The van der Waals surface area contributed by atoms with Crippen LogP contribution in [0, 0.1) is 5.92 Å². The monoisotopic (exact) mass is 377 g/mol. The van der Waals surface area contributed by atoms with E-state index in [1.807, 2.05) is 24.3 Å². The van der Waals surface area contributed by atoms with Gasteiger partial charge in [0.25, 0.3) is 5.56 Å². The predicted octanol–water partition coefficient (Wildman–Crippen LogP) is 4.39. The van der Waals surface area contributed by atoms with Crippen molar-refractivity contribution in [1.82, 2.24) is 4.98 Å². The highest BCUT2D eigenvalue weighted by Crippen LogP contribution is 2.24. The first-order chi connectivity index (χ1) is 13.6. The molecule has 1 aliphatic heterocycles. The molecule has 0 unspecified atom stereocenters. The van der Waals surface area contributed by atoms with Crippen molar-refractivity contribution in [2.45, 2.75) is 26.3 Å². The van der Waals surface area contributed by atoms with Gasteiger partial charge >= 0.3 is 0 Å².